The second kappa shape index (κ2) is 6.67. The minimum atomic E-state index is 0.352. The summed E-state index contributed by atoms with van der Waals surface area (Å²) in [6.45, 7) is 5.94. The lowest BCUT2D eigenvalue weighted by atomic mass is 9.95. The summed E-state index contributed by atoms with van der Waals surface area (Å²) in [6.07, 6.45) is 4.79. The van der Waals surface area contributed by atoms with Crippen molar-refractivity contribution < 1.29 is 9.47 Å². The third-order valence-electron chi connectivity index (χ3n) is 4.89. The normalized spacial score (nSPS) is 20.7. The second-order valence-corrected chi connectivity index (χ2v) is 6.29. The molecule has 0 saturated carbocycles. The van der Waals surface area contributed by atoms with Crippen molar-refractivity contribution in [2.24, 2.45) is 11.7 Å². The van der Waals surface area contributed by atoms with E-state index >= 15 is 0 Å². The summed E-state index contributed by atoms with van der Waals surface area (Å²) < 4.78 is 10.8. The highest BCUT2D eigenvalue weighted by molar-refractivity contribution is 5.44. The van der Waals surface area contributed by atoms with Crippen LogP contribution in [-0.2, 0) is 6.42 Å². The molecule has 1 atom stereocenters. The molecule has 1 aromatic carbocycles. The van der Waals surface area contributed by atoms with Crippen LogP contribution in [0.2, 0.25) is 0 Å². The van der Waals surface area contributed by atoms with Gasteiger partial charge < -0.3 is 20.1 Å². The summed E-state index contributed by atoms with van der Waals surface area (Å²) in [4.78, 5) is 2.61. The Bertz CT molecular complexity index is 470. The van der Waals surface area contributed by atoms with Crippen LogP contribution in [0, 0.1) is 5.92 Å². The van der Waals surface area contributed by atoms with E-state index in [2.05, 4.69) is 24.0 Å². The first-order valence-electron chi connectivity index (χ1n) is 8.09. The van der Waals surface area contributed by atoms with E-state index < -0.39 is 0 Å². The van der Waals surface area contributed by atoms with Gasteiger partial charge in [0.05, 0.1) is 0 Å². The van der Waals surface area contributed by atoms with E-state index in [1.54, 1.807) is 0 Å². The zero-order valence-corrected chi connectivity index (χ0v) is 12.9. The van der Waals surface area contributed by atoms with Crippen LogP contribution < -0.4 is 15.2 Å². The third-order valence-corrected chi connectivity index (χ3v) is 4.89. The van der Waals surface area contributed by atoms with Crippen LogP contribution in [0.15, 0.2) is 18.2 Å². The van der Waals surface area contributed by atoms with Crippen LogP contribution in [0.5, 0.6) is 11.5 Å². The molecule has 21 heavy (non-hydrogen) atoms. The number of likely N-dealkylation sites (tertiary alicyclic amines) is 1. The lowest BCUT2D eigenvalue weighted by Crippen LogP contribution is -2.41. The smallest absolute Gasteiger partial charge is 0.231 e. The molecular formula is C17H26N2O2. The number of hydrogen-bond acceptors (Lipinski definition) is 4. The maximum absolute atomic E-state index is 5.76. The summed E-state index contributed by atoms with van der Waals surface area (Å²) in [7, 11) is 0. The summed E-state index contributed by atoms with van der Waals surface area (Å²) in [5.74, 6) is 2.50. The lowest BCUT2D eigenvalue weighted by Gasteiger charge is -2.35. The predicted molar refractivity (Wildman–Crippen MR) is 83.7 cm³/mol. The van der Waals surface area contributed by atoms with Gasteiger partial charge in [0.2, 0.25) is 6.79 Å². The molecule has 0 aromatic heterocycles. The molecule has 4 nitrogen and oxygen atoms in total. The van der Waals surface area contributed by atoms with Gasteiger partial charge in [-0.05, 0) is 75.9 Å². The van der Waals surface area contributed by atoms with Gasteiger partial charge in [-0.15, -0.1) is 0 Å². The second-order valence-electron chi connectivity index (χ2n) is 6.29. The van der Waals surface area contributed by atoms with E-state index in [1.165, 1.54) is 37.9 Å². The Labute approximate surface area is 127 Å². The summed E-state index contributed by atoms with van der Waals surface area (Å²) in [6, 6.07) is 6.93. The summed E-state index contributed by atoms with van der Waals surface area (Å²) >= 11 is 0. The van der Waals surface area contributed by atoms with Crippen molar-refractivity contribution in [3.05, 3.63) is 23.8 Å². The van der Waals surface area contributed by atoms with E-state index in [4.69, 9.17) is 15.2 Å². The van der Waals surface area contributed by atoms with Gasteiger partial charge in [-0.1, -0.05) is 6.07 Å². The monoisotopic (exact) mass is 290 g/mol. The Morgan fingerprint density at radius 3 is 2.76 bits per heavy atom. The first-order chi connectivity index (χ1) is 10.3. The van der Waals surface area contributed by atoms with Crippen LogP contribution in [0.1, 0.15) is 31.7 Å². The maximum atomic E-state index is 5.76. The van der Waals surface area contributed by atoms with Crippen molar-refractivity contribution >= 4 is 0 Å². The minimum absolute atomic E-state index is 0.352. The van der Waals surface area contributed by atoms with Crippen LogP contribution in [-0.4, -0.2) is 37.4 Å². The first kappa shape index (κ1) is 14.7. The van der Waals surface area contributed by atoms with Gasteiger partial charge in [-0.3, -0.25) is 0 Å². The number of nitrogens with two attached hydrogens (primary N) is 1. The Morgan fingerprint density at radius 1 is 1.24 bits per heavy atom. The molecule has 3 rings (SSSR count). The number of nitrogens with zero attached hydrogens (tertiary/aromatic N) is 1. The number of ether oxygens (including phenoxy) is 2. The molecule has 116 valence electrons. The maximum Gasteiger partial charge on any atom is 0.231 e. The van der Waals surface area contributed by atoms with E-state index in [9.17, 15) is 0 Å². The van der Waals surface area contributed by atoms with E-state index in [0.717, 1.165) is 30.4 Å². The Hall–Kier alpha value is -1.26. The number of fused-ring (bicyclic) bond motifs is 1. The lowest BCUT2D eigenvalue weighted by molar-refractivity contribution is 0.138. The summed E-state index contributed by atoms with van der Waals surface area (Å²) in [5, 5.41) is 0. The Balaban J connectivity index is 1.48. The number of piperidine rings is 1. The largest absolute Gasteiger partial charge is 0.454 e. The molecule has 0 bridgehead atoms. The molecule has 1 fully saturated rings. The number of aryl methyl sites for hydroxylation is 1. The van der Waals surface area contributed by atoms with Crippen LogP contribution in [0.4, 0.5) is 0 Å². The average molecular weight is 290 g/mol. The molecule has 2 aliphatic heterocycles. The molecular weight excluding hydrogens is 264 g/mol. The molecule has 0 spiro atoms. The average Bonchev–Trinajstić information content (AvgIpc) is 3.00. The fourth-order valence-corrected chi connectivity index (χ4v) is 3.28. The third kappa shape index (κ3) is 3.50. The zero-order chi connectivity index (χ0) is 14.7. The standard InChI is InChI=1S/C17H26N2O2/c1-13(19-8-6-15(11-18)7-9-19)2-3-14-4-5-16-17(10-14)21-12-20-16/h4-5,10,13,15H,2-3,6-9,11-12,18H2,1H3. The van der Waals surface area contributed by atoms with Crippen molar-refractivity contribution in [2.45, 2.75) is 38.6 Å². The van der Waals surface area contributed by atoms with Gasteiger partial charge in [0, 0.05) is 6.04 Å². The number of rotatable bonds is 5. The molecule has 0 amide bonds. The fourth-order valence-electron chi connectivity index (χ4n) is 3.28. The first-order valence-corrected chi connectivity index (χ1v) is 8.09. The van der Waals surface area contributed by atoms with Crippen molar-refractivity contribution in [1.82, 2.24) is 4.90 Å². The van der Waals surface area contributed by atoms with Gasteiger partial charge in [-0.2, -0.15) is 0 Å². The fraction of sp³-hybridized carbons (Fsp3) is 0.647. The van der Waals surface area contributed by atoms with Crippen LogP contribution in [0.3, 0.4) is 0 Å². The predicted octanol–water partition coefficient (Wildman–Crippen LogP) is 2.41. The van der Waals surface area contributed by atoms with Crippen LogP contribution >= 0.6 is 0 Å². The van der Waals surface area contributed by atoms with E-state index in [1.807, 2.05) is 6.07 Å². The highest BCUT2D eigenvalue weighted by Gasteiger charge is 2.22. The number of benzene rings is 1. The summed E-state index contributed by atoms with van der Waals surface area (Å²) in [5.41, 5.74) is 7.10. The highest BCUT2D eigenvalue weighted by Crippen LogP contribution is 2.33. The van der Waals surface area contributed by atoms with E-state index in [-0.39, 0.29) is 0 Å². The Kier molecular flexibility index (Phi) is 4.66. The quantitative estimate of drug-likeness (QED) is 0.904. The van der Waals surface area contributed by atoms with Crippen molar-refractivity contribution in [3.8, 4) is 11.5 Å². The molecule has 4 heteroatoms. The van der Waals surface area contributed by atoms with Gasteiger partial charge >= 0.3 is 0 Å². The van der Waals surface area contributed by atoms with E-state index in [0.29, 0.717) is 12.8 Å². The van der Waals surface area contributed by atoms with Gasteiger partial charge in [0.15, 0.2) is 11.5 Å². The molecule has 0 radical (unpaired) electrons. The Morgan fingerprint density at radius 2 is 2.00 bits per heavy atom. The minimum Gasteiger partial charge on any atom is -0.454 e. The van der Waals surface area contributed by atoms with Crippen molar-refractivity contribution in [3.63, 3.8) is 0 Å². The SMILES string of the molecule is CC(CCc1ccc2c(c1)OCO2)N1CCC(CN)CC1. The molecule has 1 aromatic rings. The topological polar surface area (TPSA) is 47.7 Å². The molecule has 2 aliphatic rings. The van der Waals surface area contributed by atoms with Crippen molar-refractivity contribution in [2.75, 3.05) is 26.4 Å². The molecule has 2 heterocycles. The van der Waals surface area contributed by atoms with Crippen molar-refractivity contribution in [1.29, 1.82) is 0 Å². The molecule has 2 N–H and O–H groups in total. The molecule has 1 unspecified atom stereocenters. The van der Waals surface area contributed by atoms with Crippen LogP contribution in [0.25, 0.3) is 0 Å². The molecule has 1 saturated heterocycles. The van der Waals surface area contributed by atoms with Gasteiger partial charge in [-0.25, -0.2) is 0 Å². The molecule has 0 aliphatic carbocycles. The highest BCUT2D eigenvalue weighted by atomic mass is 16.7. The van der Waals surface area contributed by atoms with Gasteiger partial charge in [0.1, 0.15) is 0 Å². The number of hydrogen-bond donors (Lipinski definition) is 1. The zero-order valence-electron chi connectivity index (χ0n) is 12.9. The van der Waals surface area contributed by atoms with Gasteiger partial charge in [0.25, 0.3) is 0 Å².